The third-order valence-corrected chi connectivity index (χ3v) is 22.2. The molecule has 8 aliphatic rings. The Morgan fingerprint density at radius 3 is 1.29 bits per heavy atom. The molecular formula is C57H102O9. The highest BCUT2D eigenvalue weighted by Crippen LogP contribution is 2.71. The second kappa shape index (κ2) is 22.4. The van der Waals surface area contributed by atoms with Crippen molar-refractivity contribution in [2.45, 2.75) is 229 Å². The number of carbonyl (C=O) groups is 2. The number of aliphatic carboxylic acids is 1. The van der Waals surface area contributed by atoms with Crippen molar-refractivity contribution < 1.29 is 45.0 Å². The van der Waals surface area contributed by atoms with Crippen LogP contribution in [0, 0.1) is 105 Å². The molecule has 0 aromatic carbocycles. The summed E-state index contributed by atoms with van der Waals surface area (Å²) in [7, 11) is 0. The van der Waals surface area contributed by atoms with E-state index in [2.05, 4.69) is 55.4 Å². The summed E-state index contributed by atoms with van der Waals surface area (Å²) in [5, 5.41) is 61.1. The molecule has 0 aromatic rings. The Morgan fingerprint density at radius 2 is 0.924 bits per heavy atom. The fourth-order valence-corrected chi connectivity index (χ4v) is 19.2. The first-order valence-electron chi connectivity index (χ1n) is 27.4. The topological polar surface area (TPSA) is 165 Å². The predicted octanol–water partition coefficient (Wildman–Crippen LogP) is 11.3. The normalized spacial score (nSPS) is 47.4. The molecule has 6 unspecified atom stereocenters. The summed E-state index contributed by atoms with van der Waals surface area (Å²) in [6, 6.07) is 0. The summed E-state index contributed by atoms with van der Waals surface area (Å²) in [6.45, 7) is 23.3. The molecule has 0 radical (unpaired) electrons. The minimum Gasteiger partial charge on any atom is -0.481 e. The third kappa shape index (κ3) is 10.1. The van der Waals surface area contributed by atoms with Crippen molar-refractivity contribution in [3.8, 4) is 0 Å². The summed E-state index contributed by atoms with van der Waals surface area (Å²) in [5.41, 5.74) is 1.01. The second-order valence-corrected chi connectivity index (χ2v) is 24.8. The molecule has 8 fully saturated rings. The Balaban J connectivity index is 0.000000231. The van der Waals surface area contributed by atoms with E-state index in [1.54, 1.807) is 6.92 Å². The molecule has 22 atom stereocenters. The van der Waals surface area contributed by atoms with E-state index >= 15 is 0 Å². The van der Waals surface area contributed by atoms with E-state index in [0.29, 0.717) is 95.9 Å². The molecule has 0 saturated heterocycles. The van der Waals surface area contributed by atoms with Gasteiger partial charge in [0, 0.05) is 19.4 Å². The minimum absolute atomic E-state index is 0. The number of hydrogen-bond donors (Lipinski definition) is 6. The first-order chi connectivity index (χ1) is 30.7. The van der Waals surface area contributed by atoms with Crippen molar-refractivity contribution in [3.63, 3.8) is 0 Å². The lowest BCUT2D eigenvalue weighted by molar-refractivity contribution is -0.203. The van der Waals surface area contributed by atoms with Crippen LogP contribution < -0.4 is 0 Å². The average molecular weight is 931 g/mol. The maximum atomic E-state index is 11.9. The van der Waals surface area contributed by atoms with Crippen molar-refractivity contribution in [2.75, 3.05) is 13.2 Å². The first-order valence-corrected chi connectivity index (χ1v) is 27.4. The molecule has 8 saturated carbocycles. The Kier molecular flexibility index (Phi) is 18.9. The van der Waals surface area contributed by atoms with E-state index in [0.717, 1.165) is 64.2 Å². The zero-order valence-electron chi connectivity index (χ0n) is 42.9. The van der Waals surface area contributed by atoms with Crippen LogP contribution in [0.4, 0.5) is 0 Å². The third-order valence-electron chi connectivity index (χ3n) is 22.2. The van der Waals surface area contributed by atoms with Gasteiger partial charge in [-0.2, -0.15) is 0 Å². The van der Waals surface area contributed by atoms with Crippen LogP contribution >= 0.6 is 0 Å². The first kappa shape index (κ1) is 55.7. The molecule has 8 rings (SSSR count). The van der Waals surface area contributed by atoms with Gasteiger partial charge in [-0.15, -0.1) is 0 Å². The lowest BCUT2D eigenvalue weighted by Crippen LogP contribution is -2.62. The molecule has 0 spiro atoms. The summed E-state index contributed by atoms with van der Waals surface area (Å²) < 4.78 is 5.17. The van der Waals surface area contributed by atoms with Crippen molar-refractivity contribution in [1.29, 1.82) is 0 Å². The van der Waals surface area contributed by atoms with Crippen molar-refractivity contribution in [2.24, 2.45) is 105 Å². The Bertz CT molecular complexity index is 1570. The number of hydrogen-bond acceptors (Lipinski definition) is 8. The molecule has 0 amide bonds. The van der Waals surface area contributed by atoms with Crippen LogP contribution in [-0.2, 0) is 14.3 Å². The maximum Gasteiger partial charge on any atom is 0.305 e. The zero-order chi connectivity index (χ0) is 47.8. The van der Waals surface area contributed by atoms with Gasteiger partial charge in [0.2, 0.25) is 0 Å². The maximum absolute atomic E-state index is 11.9. The number of carbonyl (C=O) groups excluding carboxylic acids is 1. The highest BCUT2D eigenvalue weighted by atomic mass is 16.5. The van der Waals surface area contributed by atoms with Gasteiger partial charge in [0.1, 0.15) is 0 Å². The van der Waals surface area contributed by atoms with E-state index in [4.69, 9.17) is 14.9 Å². The highest BCUT2D eigenvalue weighted by molar-refractivity contribution is 5.69. The Morgan fingerprint density at radius 1 is 0.561 bits per heavy atom. The largest absolute Gasteiger partial charge is 0.481 e. The molecule has 9 nitrogen and oxygen atoms in total. The molecule has 384 valence electrons. The van der Waals surface area contributed by atoms with Gasteiger partial charge in [-0.1, -0.05) is 75.7 Å². The number of aliphatic hydroxyl groups is 5. The van der Waals surface area contributed by atoms with E-state index in [1.807, 2.05) is 6.92 Å². The van der Waals surface area contributed by atoms with E-state index in [1.165, 1.54) is 51.4 Å². The number of esters is 1. The molecule has 0 aliphatic heterocycles. The van der Waals surface area contributed by atoms with Crippen LogP contribution in [0.25, 0.3) is 0 Å². The SMILES string of the molecule is C.CCO.CCOC(=O)CC[C@@H](C)[C@H]1CCC2C3C(CC[C@@]21C)[C@@]1(C)CC[C@@H](O)C[C@H]1[C@@H](CC)[C@H]3O.CC[C@H]1[C@@H](O)C2C3CC[C@H]([C@H](C)CCC(=O)O)[C@@]3(C)CCC2[C@@]2(C)CC[C@@H](O)C[C@@H]12. The fourth-order valence-electron chi connectivity index (χ4n) is 19.2. The number of ether oxygens (including phenoxy) is 1. The molecular weight excluding hydrogens is 829 g/mol. The number of aliphatic hydroxyl groups excluding tert-OH is 5. The van der Waals surface area contributed by atoms with Crippen LogP contribution in [-0.4, -0.2) is 80.2 Å². The quantitative estimate of drug-likeness (QED) is 0.111. The standard InChI is InChI=1S/C28H48O4.C26H44O4.C2H6O.CH4/c1-6-19-23-16-18(29)12-14-28(23,5)22-13-15-27(4)20(9-10-21(27)25(22)26(19)31)17(3)8-11-24(30)32-7-2;1-5-17-21-14-16(27)10-12-26(21,4)20-11-13-25(3)18(15(2)6-9-22(28)29)7-8-19(25)23(20)24(17)30;1-2-3;/h17-23,25-26,29,31H,6-16H2,1-5H3;15-21,23-24,27,30H,5-14H2,1-4H3,(H,28,29);3H,2H2,1H3;1H4/t17-,18-,19-,20-,21?,22?,23+,25?,26-,27-,28-;15-,16-,17-,18-,19?,20?,21+,23?,24-,25-,26-;;/m11../s1. The monoisotopic (exact) mass is 931 g/mol. The molecule has 8 aliphatic carbocycles. The lowest BCUT2D eigenvalue weighted by atomic mass is 9.41. The number of fused-ring (bicyclic) bond motifs is 10. The van der Waals surface area contributed by atoms with Crippen LogP contribution in [0.15, 0.2) is 0 Å². The Hall–Kier alpha value is -1.26. The minimum atomic E-state index is -0.683. The summed E-state index contributed by atoms with van der Waals surface area (Å²) in [4.78, 5) is 23.1. The van der Waals surface area contributed by atoms with Gasteiger partial charge in [0.05, 0.1) is 31.0 Å². The molecule has 0 aromatic heterocycles. The van der Waals surface area contributed by atoms with Gasteiger partial charge < -0.3 is 35.4 Å². The van der Waals surface area contributed by atoms with Crippen molar-refractivity contribution in [1.82, 2.24) is 0 Å². The van der Waals surface area contributed by atoms with E-state index in [9.17, 15) is 30.0 Å². The van der Waals surface area contributed by atoms with Gasteiger partial charge in [-0.3, -0.25) is 9.59 Å². The second-order valence-electron chi connectivity index (χ2n) is 24.8. The van der Waals surface area contributed by atoms with Crippen molar-refractivity contribution >= 4 is 11.9 Å². The van der Waals surface area contributed by atoms with E-state index < -0.39 is 5.97 Å². The number of rotatable bonds is 11. The van der Waals surface area contributed by atoms with Crippen LogP contribution in [0.2, 0.25) is 0 Å². The molecule has 0 heterocycles. The molecule has 0 bridgehead atoms. The number of carboxylic acid groups (broad SMARTS) is 1. The van der Waals surface area contributed by atoms with Crippen LogP contribution in [0.5, 0.6) is 0 Å². The number of carboxylic acids is 1. The highest BCUT2D eigenvalue weighted by Gasteiger charge is 2.66. The lowest BCUT2D eigenvalue weighted by Gasteiger charge is -2.64. The van der Waals surface area contributed by atoms with E-state index in [-0.39, 0.29) is 72.5 Å². The zero-order valence-corrected chi connectivity index (χ0v) is 42.9. The summed E-state index contributed by atoms with van der Waals surface area (Å²) >= 11 is 0. The van der Waals surface area contributed by atoms with Gasteiger partial charge in [-0.25, -0.2) is 0 Å². The van der Waals surface area contributed by atoms with Gasteiger partial charge in [0.25, 0.3) is 0 Å². The Labute approximate surface area is 402 Å². The fraction of sp³-hybridized carbons (Fsp3) is 0.965. The summed E-state index contributed by atoms with van der Waals surface area (Å²) in [6.07, 6.45) is 19.2. The van der Waals surface area contributed by atoms with Crippen molar-refractivity contribution in [3.05, 3.63) is 0 Å². The summed E-state index contributed by atoms with van der Waals surface area (Å²) in [5.74, 6) is 6.02. The van der Waals surface area contributed by atoms with Gasteiger partial charge >= 0.3 is 11.9 Å². The van der Waals surface area contributed by atoms with Crippen LogP contribution in [0.3, 0.4) is 0 Å². The van der Waals surface area contributed by atoms with Gasteiger partial charge in [-0.05, 0) is 221 Å². The molecule has 6 N–H and O–H groups in total. The molecule has 9 heteroatoms. The van der Waals surface area contributed by atoms with Gasteiger partial charge in [0.15, 0.2) is 0 Å². The van der Waals surface area contributed by atoms with Crippen LogP contribution in [0.1, 0.15) is 205 Å². The average Bonchev–Trinajstić information content (AvgIpc) is 3.81. The molecule has 66 heavy (non-hydrogen) atoms. The predicted molar refractivity (Wildman–Crippen MR) is 264 cm³/mol. The smallest absolute Gasteiger partial charge is 0.305 e.